The molecule has 1 amide bonds. The highest BCUT2D eigenvalue weighted by Gasteiger charge is 2.42. The van der Waals surface area contributed by atoms with Gasteiger partial charge in [0.25, 0.3) is 0 Å². The molecule has 2 aliphatic rings. The minimum Gasteiger partial charge on any atom is -0.342 e. The molecule has 2 fully saturated rings. The van der Waals surface area contributed by atoms with Crippen LogP contribution in [-0.4, -0.2) is 44.6 Å². The van der Waals surface area contributed by atoms with Crippen molar-refractivity contribution < 1.29 is 9.72 Å². The summed E-state index contributed by atoms with van der Waals surface area (Å²) in [6.45, 7) is 5.21. The standard InChI is InChI=1S/C15H23N5O3/c1-9-15(20(22)23)10(2)19(17-9)6-5-14(21)18-7-11-3-4-13(16)12(11)8-18/h11-13H,3-8,16H2,1-2H3. The predicted octanol–water partition coefficient (Wildman–Crippen LogP) is 0.994. The lowest BCUT2D eigenvalue weighted by Gasteiger charge is -2.18. The quantitative estimate of drug-likeness (QED) is 0.657. The molecule has 0 bridgehead atoms. The molecule has 3 rings (SSSR count). The Morgan fingerprint density at radius 2 is 2.13 bits per heavy atom. The van der Waals surface area contributed by atoms with Crippen molar-refractivity contribution in [2.24, 2.45) is 17.6 Å². The van der Waals surface area contributed by atoms with Gasteiger partial charge in [0.05, 0.1) is 11.5 Å². The largest absolute Gasteiger partial charge is 0.342 e. The maximum atomic E-state index is 12.4. The first-order valence-electron chi connectivity index (χ1n) is 8.10. The van der Waals surface area contributed by atoms with E-state index in [0.717, 1.165) is 25.9 Å². The van der Waals surface area contributed by atoms with Gasteiger partial charge >= 0.3 is 5.69 Å². The summed E-state index contributed by atoms with van der Waals surface area (Å²) in [5.74, 6) is 1.07. The first-order valence-corrected chi connectivity index (χ1v) is 8.10. The van der Waals surface area contributed by atoms with Crippen molar-refractivity contribution >= 4 is 11.6 Å². The number of amides is 1. The zero-order valence-electron chi connectivity index (χ0n) is 13.6. The number of carbonyl (C=O) groups excluding carboxylic acids is 1. The van der Waals surface area contributed by atoms with E-state index in [2.05, 4.69) is 5.10 Å². The van der Waals surface area contributed by atoms with Crippen LogP contribution in [0.1, 0.15) is 30.7 Å². The Morgan fingerprint density at radius 3 is 2.74 bits per heavy atom. The third-order valence-electron chi connectivity index (χ3n) is 5.33. The molecule has 8 heteroatoms. The van der Waals surface area contributed by atoms with Gasteiger partial charge in [-0.15, -0.1) is 0 Å². The molecule has 0 aromatic carbocycles. The number of nitrogens with two attached hydrogens (primary N) is 1. The van der Waals surface area contributed by atoms with Crippen LogP contribution in [0.15, 0.2) is 0 Å². The molecule has 2 heterocycles. The smallest absolute Gasteiger partial charge is 0.312 e. The third kappa shape index (κ3) is 2.83. The Bertz CT molecular complexity index is 641. The van der Waals surface area contributed by atoms with Crippen molar-refractivity contribution in [2.45, 2.75) is 45.7 Å². The maximum Gasteiger partial charge on any atom is 0.312 e. The summed E-state index contributed by atoms with van der Waals surface area (Å²) in [5, 5.41) is 15.2. The van der Waals surface area contributed by atoms with Crippen molar-refractivity contribution in [1.82, 2.24) is 14.7 Å². The van der Waals surface area contributed by atoms with Gasteiger partial charge in [-0.05, 0) is 38.5 Å². The van der Waals surface area contributed by atoms with Crippen LogP contribution in [0.5, 0.6) is 0 Å². The van der Waals surface area contributed by atoms with Gasteiger partial charge in [-0.1, -0.05) is 0 Å². The summed E-state index contributed by atoms with van der Waals surface area (Å²) in [6.07, 6.45) is 2.49. The summed E-state index contributed by atoms with van der Waals surface area (Å²) in [4.78, 5) is 24.9. The molecular formula is C15H23N5O3. The fraction of sp³-hybridized carbons (Fsp3) is 0.733. The molecule has 0 radical (unpaired) electrons. The van der Waals surface area contributed by atoms with Crippen molar-refractivity contribution in [1.29, 1.82) is 0 Å². The normalized spacial score (nSPS) is 26.6. The molecular weight excluding hydrogens is 298 g/mol. The van der Waals surface area contributed by atoms with E-state index in [9.17, 15) is 14.9 Å². The number of aromatic nitrogens is 2. The van der Waals surface area contributed by atoms with E-state index in [-0.39, 0.29) is 17.6 Å². The minimum absolute atomic E-state index is 0.0409. The van der Waals surface area contributed by atoms with Gasteiger partial charge in [0.15, 0.2) is 0 Å². The molecule has 126 valence electrons. The highest BCUT2D eigenvalue weighted by atomic mass is 16.6. The molecule has 23 heavy (non-hydrogen) atoms. The summed E-state index contributed by atoms with van der Waals surface area (Å²) >= 11 is 0. The van der Waals surface area contributed by atoms with Crippen LogP contribution in [0.4, 0.5) is 5.69 Å². The van der Waals surface area contributed by atoms with Crippen molar-refractivity contribution in [2.75, 3.05) is 13.1 Å². The van der Waals surface area contributed by atoms with Gasteiger partial charge < -0.3 is 10.6 Å². The molecule has 1 aromatic rings. The zero-order chi connectivity index (χ0) is 16.7. The van der Waals surface area contributed by atoms with E-state index in [1.807, 2.05) is 4.90 Å². The summed E-state index contributed by atoms with van der Waals surface area (Å²) in [6, 6.07) is 0.219. The Labute approximate surface area is 134 Å². The maximum absolute atomic E-state index is 12.4. The Morgan fingerprint density at radius 1 is 1.39 bits per heavy atom. The molecule has 3 atom stereocenters. The van der Waals surface area contributed by atoms with E-state index in [0.29, 0.717) is 36.2 Å². The van der Waals surface area contributed by atoms with Crippen LogP contribution in [0.2, 0.25) is 0 Å². The van der Waals surface area contributed by atoms with E-state index < -0.39 is 4.92 Å². The van der Waals surface area contributed by atoms with Gasteiger partial charge in [-0.25, -0.2) is 0 Å². The predicted molar refractivity (Wildman–Crippen MR) is 83.7 cm³/mol. The van der Waals surface area contributed by atoms with E-state index in [1.165, 1.54) is 0 Å². The fourth-order valence-corrected chi connectivity index (χ4v) is 4.04. The average molecular weight is 321 g/mol. The van der Waals surface area contributed by atoms with E-state index in [1.54, 1.807) is 18.5 Å². The highest BCUT2D eigenvalue weighted by Crippen LogP contribution is 2.37. The lowest BCUT2D eigenvalue weighted by molar-refractivity contribution is -0.386. The number of rotatable bonds is 4. The highest BCUT2D eigenvalue weighted by molar-refractivity contribution is 5.76. The molecule has 2 N–H and O–H groups in total. The Kier molecular flexibility index (Phi) is 4.09. The molecule has 8 nitrogen and oxygen atoms in total. The van der Waals surface area contributed by atoms with Gasteiger partial charge in [-0.2, -0.15) is 5.10 Å². The van der Waals surface area contributed by atoms with Crippen LogP contribution in [0.3, 0.4) is 0 Å². The average Bonchev–Trinajstić information content (AvgIpc) is 3.12. The number of nitro groups is 1. The zero-order valence-corrected chi connectivity index (χ0v) is 13.6. The van der Waals surface area contributed by atoms with Crippen LogP contribution < -0.4 is 5.73 Å². The Balaban J connectivity index is 1.60. The number of hydrogen-bond acceptors (Lipinski definition) is 5. The van der Waals surface area contributed by atoms with Crippen molar-refractivity contribution in [3.8, 4) is 0 Å². The SMILES string of the molecule is Cc1nn(CCC(=O)N2CC3CCC(N)C3C2)c(C)c1[N+](=O)[O-]. The van der Waals surface area contributed by atoms with Crippen LogP contribution in [-0.2, 0) is 11.3 Å². The van der Waals surface area contributed by atoms with Crippen molar-refractivity contribution in [3.63, 3.8) is 0 Å². The monoisotopic (exact) mass is 321 g/mol. The topological polar surface area (TPSA) is 107 Å². The number of hydrogen-bond donors (Lipinski definition) is 1. The van der Waals surface area contributed by atoms with Crippen LogP contribution in [0, 0.1) is 35.8 Å². The lowest BCUT2D eigenvalue weighted by Crippen LogP contribution is -2.33. The number of nitrogens with zero attached hydrogens (tertiary/aromatic N) is 4. The summed E-state index contributed by atoms with van der Waals surface area (Å²) in [7, 11) is 0. The second-order valence-corrected chi connectivity index (χ2v) is 6.71. The number of likely N-dealkylation sites (tertiary alicyclic amines) is 1. The van der Waals surface area contributed by atoms with Gasteiger partial charge in [-0.3, -0.25) is 19.6 Å². The third-order valence-corrected chi connectivity index (χ3v) is 5.33. The number of carbonyl (C=O) groups is 1. The van der Waals surface area contributed by atoms with Crippen LogP contribution >= 0.6 is 0 Å². The number of fused-ring (bicyclic) bond motifs is 1. The summed E-state index contributed by atoms with van der Waals surface area (Å²) < 4.78 is 1.56. The van der Waals surface area contributed by atoms with Gasteiger partial charge in [0, 0.05) is 25.6 Å². The second kappa shape index (κ2) is 5.92. The molecule has 3 unspecified atom stereocenters. The molecule has 0 spiro atoms. The van der Waals surface area contributed by atoms with E-state index >= 15 is 0 Å². The molecule has 1 aliphatic heterocycles. The van der Waals surface area contributed by atoms with Crippen LogP contribution in [0.25, 0.3) is 0 Å². The fourth-order valence-electron chi connectivity index (χ4n) is 4.04. The first-order chi connectivity index (χ1) is 10.9. The lowest BCUT2D eigenvalue weighted by atomic mass is 9.98. The van der Waals surface area contributed by atoms with Crippen molar-refractivity contribution in [3.05, 3.63) is 21.5 Å². The minimum atomic E-state index is -0.418. The Hall–Kier alpha value is -1.96. The van der Waals surface area contributed by atoms with Gasteiger partial charge in [0.2, 0.25) is 5.91 Å². The van der Waals surface area contributed by atoms with Gasteiger partial charge in [0.1, 0.15) is 11.4 Å². The molecule has 1 aromatic heterocycles. The summed E-state index contributed by atoms with van der Waals surface area (Å²) in [5.41, 5.74) is 7.03. The molecule has 1 aliphatic carbocycles. The molecule has 1 saturated heterocycles. The van der Waals surface area contributed by atoms with E-state index in [4.69, 9.17) is 5.73 Å². The number of aryl methyl sites for hydroxylation is 2. The first kappa shape index (κ1) is 15.9. The molecule has 1 saturated carbocycles. The second-order valence-electron chi connectivity index (χ2n) is 6.71.